The molecule has 0 aliphatic heterocycles. The van der Waals surface area contributed by atoms with Crippen molar-refractivity contribution in [2.45, 2.75) is 51.0 Å². The van der Waals surface area contributed by atoms with Crippen LogP contribution in [0.3, 0.4) is 0 Å². The van der Waals surface area contributed by atoms with Gasteiger partial charge in [0, 0.05) is 18.0 Å². The van der Waals surface area contributed by atoms with Gasteiger partial charge in [-0.2, -0.15) is 0 Å². The number of nitrogens with one attached hydrogen (secondary N) is 2. The fraction of sp³-hybridized carbons (Fsp3) is 0.562. The van der Waals surface area contributed by atoms with Gasteiger partial charge in [-0.15, -0.1) is 0 Å². The summed E-state index contributed by atoms with van der Waals surface area (Å²) in [5.41, 5.74) is 1.53. The van der Waals surface area contributed by atoms with Gasteiger partial charge in [0.05, 0.1) is 0 Å². The van der Waals surface area contributed by atoms with Crippen molar-refractivity contribution in [2.24, 2.45) is 0 Å². The highest BCUT2D eigenvalue weighted by molar-refractivity contribution is 5.74. The molecule has 0 radical (unpaired) electrons. The summed E-state index contributed by atoms with van der Waals surface area (Å²) in [5, 5.41) is 6.05. The summed E-state index contributed by atoms with van der Waals surface area (Å²) in [6, 6.07) is 10.7. The second kappa shape index (κ2) is 6.09. The van der Waals surface area contributed by atoms with Crippen molar-refractivity contribution in [1.29, 1.82) is 0 Å². The zero-order chi connectivity index (χ0) is 13.7. The Labute approximate surface area is 115 Å². The van der Waals surface area contributed by atoms with Crippen LogP contribution >= 0.6 is 0 Å². The van der Waals surface area contributed by atoms with Gasteiger partial charge in [-0.1, -0.05) is 44.2 Å². The molecular formula is C16H24N2O. The van der Waals surface area contributed by atoms with Crippen LogP contribution < -0.4 is 10.6 Å². The zero-order valence-corrected chi connectivity index (χ0v) is 11.9. The van der Waals surface area contributed by atoms with Gasteiger partial charge in [0.1, 0.15) is 0 Å². The molecule has 0 saturated heterocycles. The molecule has 1 aromatic carbocycles. The van der Waals surface area contributed by atoms with E-state index in [1.807, 2.05) is 6.07 Å². The predicted octanol–water partition coefficient (Wildman–Crippen LogP) is 3.21. The van der Waals surface area contributed by atoms with Crippen molar-refractivity contribution < 1.29 is 4.79 Å². The number of hydrogen-bond donors (Lipinski definition) is 2. The third kappa shape index (κ3) is 3.49. The van der Waals surface area contributed by atoms with E-state index in [0.717, 1.165) is 19.4 Å². The lowest BCUT2D eigenvalue weighted by Crippen LogP contribution is -2.44. The molecule has 1 saturated carbocycles. The van der Waals surface area contributed by atoms with Gasteiger partial charge in [-0.3, -0.25) is 0 Å². The van der Waals surface area contributed by atoms with Gasteiger partial charge in [0.15, 0.2) is 0 Å². The highest BCUT2D eigenvalue weighted by Gasteiger charge is 2.44. The molecule has 1 fully saturated rings. The van der Waals surface area contributed by atoms with Crippen LogP contribution in [0.15, 0.2) is 30.3 Å². The van der Waals surface area contributed by atoms with E-state index in [1.165, 1.54) is 18.4 Å². The number of carbonyl (C=O) groups excluding carboxylic acids is 1. The standard InChI is InChI=1S/C16H24N2O/c1-3-14(4-2)18-15(19)17-12-16(10-11-16)13-8-6-5-7-9-13/h5-9,14H,3-4,10-12H2,1-2H3,(H2,17,18,19). The molecule has 0 heterocycles. The third-order valence-electron chi connectivity index (χ3n) is 4.15. The quantitative estimate of drug-likeness (QED) is 0.810. The molecule has 104 valence electrons. The molecule has 0 aromatic heterocycles. The van der Waals surface area contributed by atoms with Crippen molar-refractivity contribution >= 4 is 6.03 Å². The number of rotatable bonds is 6. The van der Waals surface area contributed by atoms with Crippen LogP contribution in [0.4, 0.5) is 4.79 Å². The van der Waals surface area contributed by atoms with E-state index < -0.39 is 0 Å². The van der Waals surface area contributed by atoms with Crippen LogP contribution in [-0.4, -0.2) is 18.6 Å². The number of hydrogen-bond acceptors (Lipinski definition) is 1. The van der Waals surface area contributed by atoms with Gasteiger partial charge in [0.2, 0.25) is 0 Å². The summed E-state index contributed by atoms with van der Waals surface area (Å²) in [6.45, 7) is 4.94. The highest BCUT2D eigenvalue weighted by Crippen LogP contribution is 2.47. The Kier molecular flexibility index (Phi) is 4.46. The lowest BCUT2D eigenvalue weighted by molar-refractivity contribution is 0.235. The van der Waals surface area contributed by atoms with Gasteiger partial charge in [-0.25, -0.2) is 4.79 Å². The molecule has 0 unspecified atom stereocenters. The number of amides is 2. The van der Waals surface area contributed by atoms with Crippen LogP contribution in [-0.2, 0) is 5.41 Å². The molecule has 0 atom stereocenters. The minimum Gasteiger partial charge on any atom is -0.337 e. The largest absolute Gasteiger partial charge is 0.337 e. The van der Waals surface area contributed by atoms with Gasteiger partial charge < -0.3 is 10.6 Å². The average Bonchev–Trinajstić information content (AvgIpc) is 3.25. The molecule has 2 rings (SSSR count). The van der Waals surface area contributed by atoms with Crippen LogP contribution in [0.25, 0.3) is 0 Å². The number of carbonyl (C=O) groups is 1. The molecule has 3 heteroatoms. The van der Waals surface area contributed by atoms with E-state index >= 15 is 0 Å². The van der Waals surface area contributed by atoms with Crippen molar-refractivity contribution in [3.8, 4) is 0 Å². The Morgan fingerprint density at radius 2 is 1.84 bits per heavy atom. The summed E-state index contributed by atoms with van der Waals surface area (Å²) >= 11 is 0. The fourth-order valence-corrected chi connectivity index (χ4v) is 2.49. The van der Waals surface area contributed by atoms with Gasteiger partial charge >= 0.3 is 6.03 Å². The van der Waals surface area contributed by atoms with Crippen LogP contribution in [0.1, 0.15) is 45.1 Å². The fourth-order valence-electron chi connectivity index (χ4n) is 2.49. The van der Waals surface area contributed by atoms with Crippen LogP contribution in [0, 0.1) is 0 Å². The molecule has 19 heavy (non-hydrogen) atoms. The smallest absolute Gasteiger partial charge is 0.315 e. The van der Waals surface area contributed by atoms with E-state index in [9.17, 15) is 4.79 Å². The normalized spacial score (nSPS) is 16.2. The first-order valence-electron chi connectivity index (χ1n) is 7.30. The molecule has 1 aliphatic carbocycles. The first-order chi connectivity index (χ1) is 9.20. The predicted molar refractivity (Wildman–Crippen MR) is 78.3 cm³/mol. The molecule has 0 spiro atoms. The maximum atomic E-state index is 11.9. The molecule has 2 N–H and O–H groups in total. The lowest BCUT2D eigenvalue weighted by atomic mass is 9.96. The van der Waals surface area contributed by atoms with E-state index in [2.05, 4.69) is 48.7 Å². The highest BCUT2D eigenvalue weighted by atomic mass is 16.2. The Morgan fingerprint density at radius 3 is 2.37 bits per heavy atom. The number of urea groups is 1. The second-order valence-electron chi connectivity index (χ2n) is 5.49. The summed E-state index contributed by atoms with van der Waals surface area (Å²) in [6.07, 6.45) is 4.30. The average molecular weight is 260 g/mol. The maximum absolute atomic E-state index is 11.9. The SMILES string of the molecule is CCC(CC)NC(=O)NCC1(c2ccccc2)CC1. The van der Waals surface area contributed by atoms with Crippen molar-refractivity contribution in [2.75, 3.05) is 6.54 Å². The van der Waals surface area contributed by atoms with Crippen molar-refractivity contribution in [1.82, 2.24) is 10.6 Å². The Morgan fingerprint density at radius 1 is 1.21 bits per heavy atom. The lowest BCUT2D eigenvalue weighted by Gasteiger charge is -2.19. The van der Waals surface area contributed by atoms with Crippen molar-refractivity contribution in [3.63, 3.8) is 0 Å². The zero-order valence-electron chi connectivity index (χ0n) is 11.9. The molecular weight excluding hydrogens is 236 g/mol. The third-order valence-corrected chi connectivity index (χ3v) is 4.15. The van der Waals surface area contributed by atoms with E-state index in [-0.39, 0.29) is 17.5 Å². The van der Waals surface area contributed by atoms with Crippen LogP contribution in [0.5, 0.6) is 0 Å². The first-order valence-corrected chi connectivity index (χ1v) is 7.30. The van der Waals surface area contributed by atoms with Gasteiger partial charge in [-0.05, 0) is 31.2 Å². The minimum absolute atomic E-state index is 0.0316. The monoisotopic (exact) mass is 260 g/mol. The first kappa shape index (κ1) is 13.9. The Balaban J connectivity index is 1.84. The topological polar surface area (TPSA) is 41.1 Å². The molecule has 2 amide bonds. The van der Waals surface area contributed by atoms with E-state index in [1.54, 1.807) is 0 Å². The summed E-state index contributed by atoms with van der Waals surface area (Å²) in [5.74, 6) is 0. The van der Waals surface area contributed by atoms with Gasteiger partial charge in [0.25, 0.3) is 0 Å². The summed E-state index contributed by atoms with van der Waals surface area (Å²) in [7, 11) is 0. The molecule has 1 aliphatic rings. The van der Waals surface area contributed by atoms with Crippen LogP contribution in [0.2, 0.25) is 0 Å². The van der Waals surface area contributed by atoms with E-state index in [4.69, 9.17) is 0 Å². The molecule has 0 bridgehead atoms. The molecule has 3 nitrogen and oxygen atoms in total. The maximum Gasteiger partial charge on any atom is 0.315 e. The summed E-state index contributed by atoms with van der Waals surface area (Å²) < 4.78 is 0. The Bertz CT molecular complexity index is 408. The molecule has 1 aromatic rings. The number of benzene rings is 1. The Hall–Kier alpha value is -1.51. The minimum atomic E-state index is -0.0316. The van der Waals surface area contributed by atoms with Crippen molar-refractivity contribution in [3.05, 3.63) is 35.9 Å². The van der Waals surface area contributed by atoms with E-state index in [0.29, 0.717) is 0 Å². The summed E-state index contributed by atoms with van der Waals surface area (Å²) in [4.78, 5) is 11.9. The second-order valence-corrected chi connectivity index (χ2v) is 5.49.